The number of aliphatic hydroxyl groups excluding tert-OH is 1. The summed E-state index contributed by atoms with van der Waals surface area (Å²) in [6, 6.07) is 4.71. The Balaban J connectivity index is 2.15. The van der Waals surface area contributed by atoms with Crippen molar-refractivity contribution in [3.63, 3.8) is 0 Å². The number of nitrogens with zero attached hydrogens (tertiary/aromatic N) is 1. The van der Waals surface area contributed by atoms with Gasteiger partial charge in [-0.15, -0.1) is 0 Å². The Bertz CT molecular complexity index is 779. The van der Waals surface area contributed by atoms with Crippen LogP contribution in [0.2, 0.25) is 0 Å². The molecule has 0 saturated carbocycles. The standard InChI is InChI=1S/C19H29N3O5/c1-19(2,3)20-11-15(24)12-6-7-14(23)17-13(12)10-16(21-17)27-18(25)26-9-8-22(4)5/h6-7,10,15,20-21,23-24H,8-9,11H2,1-5H3. The first-order valence-electron chi connectivity index (χ1n) is 8.84. The molecular formula is C19H29N3O5. The first-order chi connectivity index (χ1) is 12.6. The van der Waals surface area contributed by atoms with Crippen molar-refractivity contribution in [2.45, 2.75) is 32.4 Å². The van der Waals surface area contributed by atoms with E-state index in [0.717, 1.165) is 0 Å². The predicted octanol–water partition coefficient (Wildman–Crippen LogP) is 2.37. The number of β-amino-alcohol motifs (C(OH)–C–C–N with tert-alkyl or cyclic N) is 1. The molecule has 0 amide bonds. The van der Waals surface area contributed by atoms with E-state index in [1.807, 2.05) is 39.8 Å². The van der Waals surface area contributed by atoms with Crippen LogP contribution in [0.4, 0.5) is 4.79 Å². The van der Waals surface area contributed by atoms with Crippen molar-refractivity contribution in [1.29, 1.82) is 0 Å². The summed E-state index contributed by atoms with van der Waals surface area (Å²) in [5.74, 6) is 0.138. The summed E-state index contributed by atoms with van der Waals surface area (Å²) in [6.45, 7) is 7.17. The second kappa shape index (κ2) is 8.60. The van der Waals surface area contributed by atoms with Crippen molar-refractivity contribution in [1.82, 2.24) is 15.2 Å². The molecule has 0 spiro atoms. The number of nitrogens with one attached hydrogen (secondary N) is 2. The van der Waals surface area contributed by atoms with Gasteiger partial charge in [-0.05, 0) is 46.5 Å². The lowest BCUT2D eigenvalue weighted by Gasteiger charge is -2.23. The van der Waals surface area contributed by atoms with Crippen LogP contribution in [0.25, 0.3) is 10.9 Å². The predicted molar refractivity (Wildman–Crippen MR) is 103 cm³/mol. The van der Waals surface area contributed by atoms with Gasteiger partial charge >= 0.3 is 6.16 Å². The molecule has 8 heteroatoms. The number of aromatic amines is 1. The summed E-state index contributed by atoms with van der Waals surface area (Å²) in [5, 5.41) is 24.4. The van der Waals surface area contributed by atoms with Gasteiger partial charge in [0.1, 0.15) is 12.4 Å². The molecule has 27 heavy (non-hydrogen) atoms. The maximum Gasteiger partial charge on any atom is 0.515 e. The van der Waals surface area contributed by atoms with Gasteiger partial charge in [-0.1, -0.05) is 6.07 Å². The number of ether oxygens (including phenoxy) is 2. The molecule has 0 saturated heterocycles. The summed E-state index contributed by atoms with van der Waals surface area (Å²) in [4.78, 5) is 16.5. The Kier molecular flexibility index (Phi) is 6.69. The second-order valence-corrected chi connectivity index (χ2v) is 7.75. The molecule has 0 aliphatic heterocycles. The maximum absolute atomic E-state index is 11.8. The summed E-state index contributed by atoms with van der Waals surface area (Å²) >= 11 is 0. The van der Waals surface area contributed by atoms with E-state index in [1.54, 1.807) is 12.1 Å². The fraction of sp³-hybridized carbons (Fsp3) is 0.526. The van der Waals surface area contributed by atoms with E-state index in [1.165, 1.54) is 6.07 Å². The molecule has 0 radical (unpaired) electrons. The van der Waals surface area contributed by atoms with Crippen molar-refractivity contribution in [2.24, 2.45) is 0 Å². The largest absolute Gasteiger partial charge is 0.515 e. The van der Waals surface area contributed by atoms with Gasteiger partial charge in [0.25, 0.3) is 0 Å². The summed E-state index contributed by atoms with van der Waals surface area (Å²) in [6.07, 6.45) is -1.62. The van der Waals surface area contributed by atoms with Gasteiger partial charge in [-0.3, -0.25) is 0 Å². The molecule has 1 aromatic heterocycles. The maximum atomic E-state index is 11.8. The number of phenolic OH excluding ortho intramolecular Hbond substituents is 1. The molecule has 2 rings (SSSR count). The third kappa shape index (κ3) is 6.13. The molecule has 0 aliphatic carbocycles. The quantitative estimate of drug-likeness (QED) is 0.547. The molecule has 0 fully saturated rings. The van der Waals surface area contributed by atoms with Gasteiger partial charge in [-0.25, -0.2) is 4.79 Å². The first kappa shape index (κ1) is 21.0. The van der Waals surface area contributed by atoms with Crippen LogP contribution in [0, 0.1) is 0 Å². The molecule has 1 aromatic carbocycles. The number of phenols is 1. The number of fused-ring (bicyclic) bond motifs is 1. The minimum Gasteiger partial charge on any atom is -0.506 e. The average molecular weight is 379 g/mol. The Hall–Kier alpha value is -2.29. The smallest absolute Gasteiger partial charge is 0.506 e. The van der Waals surface area contributed by atoms with E-state index in [9.17, 15) is 15.0 Å². The molecule has 1 heterocycles. The van der Waals surface area contributed by atoms with E-state index in [0.29, 0.717) is 29.6 Å². The van der Waals surface area contributed by atoms with Crippen LogP contribution in [0.1, 0.15) is 32.4 Å². The minimum atomic E-state index is -0.834. The normalized spacial score (nSPS) is 13.1. The van der Waals surface area contributed by atoms with Gasteiger partial charge in [0.2, 0.25) is 5.88 Å². The molecule has 0 aliphatic rings. The van der Waals surface area contributed by atoms with Crippen LogP contribution in [0.15, 0.2) is 18.2 Å². The molecule has 2 aromatic rings. The van der Waals surface area contributed by atoms with Crippen molar-refractivity contribution < 1.29 is 24.5 Å². The Morgan fingerprint density at radius 3 is 2.67 bits per heavy atom. The van der Waals surface area contributed by atoms with Gasteiger partial charge in [0, 0.05) is 30.1 Å². The molecule has 8 nitrogen and oxygen atoms in total. The SMILES string of the molecule is CN(C)CCOC(=O)Oc1cc2c(C(O)CNC(C)(C)C)ccc(O)c2[nH]1. The Morgan fingerprint density at radius 1 is 1.33 bits per heavy atom. The number of hydrogen-bond donors (Lipinski definition) is 4. The molecular weight excluding hydrogens is 350 g/mol. The Morgan fingerprint density at radius 2 is 2.04 bits per heavy atom. The van der Waals surface area contributed by atoms with Crippen LogP contribution < -0.4 is 10.1 Å². The highest BCUT2D eigenvalue weighted by molar-refractivity contribution is 5.90. The fourth-order valence-electron chi connectivity index (χ4n) is 2.49. The number of carbonyl (C=O) groups is 1. The highest BCUT2D eigenvalue weighted by atomic mass is 16.7. The number of aromatic nitrogens is 1. The van der Waals surface area contributed by atoms with Crippen LogP contribution in [0.3, 0.4) is 0 Å². The van der Waals surface area contributed by atoms with Crippen molar-refractivity contribution >= 4 is 17.1 Å². The van der Waals surface area contributed by atoms with Crippen LogP contribution in [-0.4, -0.2) is 65.6 Å². The van der Waals surface area contributed by atoms with Gasteiger partial charge in [-0.2, -0.15) is 0 Å². The fourth-order valence-corrected chi connectivity index (χ4v) is 2.49. The third-order valence-corrected chi connectivity index (χ3v) is 3.92. The van der Waals surface area contributed by atoms with Gasteiger partial charge in [0.15, 0.2) is 0 Å². The van der Waals surface area contributed by atoms with Crippen molar-refractivity contribution in [3.8, 4) is 11.6 Å². The zero-order chi connectivity index (χ0) is 20.2. The molecule has 1 atom stereocenters. The number of aliphatic hydroxyl groups is 1. The van der Waals surface area contributed by atoms with Crippen LogP contribution in [0.5, 0.6) is 11.6 Å². The van der Waals surface area contributed by atoms with Crippen LogP contribution in [-0.2, 0) is 4.74 Å². The minimum absolute atomic E-state index is 0.000515. The van der Waals surface area contributed by atoms with Crippen LogP contribution >= 0.6 is 0 Å². The first-order valence-corrected chi connectivity index (χ1v) is 8.84. The van der Waals surface area contributed by atoms with E-state index < -0.39 is 12.3 Å². The lowest BCUT2D eigenvalue weighted by Crippen LogP contribution is -2.38. The van der Waals surface area contributed by atoms with E-state index in [-0.39, 0.29) is 23.8 Å². The topological polar surface area (TPSA) is 107 Å². The lowest BCUT2D eigenvalue weighted by molar-refractivity contribution is 0.0915. The van der Waals surface area contributed by atoms with Crippen molar-refractivity contribution in [3.05, 3.63) is 23.8 Å². The summed E-state index contributed by atoms with van der Waals surface area (Å²) in [7, 11) is 3.74. The number of aromatic hydroxyl groups is 1. The zero-order valence-corrected chi connectivity index (χ0v) is 16.5. The third-order valence-electron chi connectivity index (χ3n) is 3.92. The number of carbonyl (C=O) groups excluding carboxylic acids is 1. The number of H-pyrrole nitrogens is 1. The lowest BCUT2D eigenvalue weighted by atomic mass is 10.0. The molecule has 0 bridgehead atoms. The Labute approximate surface area is 159 Å². The average Bonchev–Trinajstić information content (AvgIpc) is 2.96. The van der Waals surface area contributed by atoms with E-state index in [4.69, 9.17) is 9.47 Å². The van der Waals surface area contributed by atoms with E-state index >= 15 is 0 Å². The van der Waals surface area contributed by atoms with Gasteiger partial charge in [0.05, 0.1) is 11.6 Å². The van der Waals surface area contributed by atoms with E-state index in [2.05, 4.69) is 10.3 Å². The molecule has 150 valence electrons. The highest BCUT2D eigenvalue weighted by Crippen LogP contribution is 2.33. The molecule has 1 unspecified atom stereocenters. The number of rotatable bonds is 7. The summed E-state index contributed by atoms with van der Waals surface area (Å²) in [5.41, 5.74) is 0.866. The zero-order valence-electron chi connectivity index (χ0n) is 16.5. The van der Waals surface area contributed by atoms with Crippen molar-refractivity contribution in [2.75, 3.05) is 33.8 Å². The summed E-state index contributed by atoms with van der Waals surface area (Å²) < 4.78 is 10.1. The van der Waals surface area contributed by atoms with Gasteiger partial charge < -0.3 is 34.9 Å². The number of likely N-dealkylation sites (N-methyl/N-ethyl adjacent to an activating group) is 1. The highest BCUT2D eigenvalue weighted by Gasteiger charge is 2.19. The second-order valence-electron chi connectivity index (χ2n) is 7.75. The number of benzene rings is 1. The monoisotopic (exact) mass is 379 g/mol. The molecule has 4 N–H and O–H groups in total. The number of hydrogen-bond acceptors (Lipinski definition) is 7.